The minimum absolute atomic E-state index is 0.743. The maximum absolute atomic E-state index is 3.60. The number of nitrogens with zero attached hydrogens (tertiary/aromatic N) is 1. The molecule has 2 aromatic carbocycles. The first-order chi connectivity index (χ1) is 12.3. The van der Waals surface area contributed by atoms with E-state index in [2.05, 4.69) is 60.4 Å². The zero-order valence-electron chi connectivity index (χ0n) is 15.8. The molecule has 132 valence electrons. The zero-order valence-corrected chi connectivity index (χ0v) is 15.8. The van der Waals surface area contributed by atoms with Gasteiger partial charge in [0.1, 0.15) is 0 Å². The summed E-state index contributed by atoms with van der Waals surface area (Å²) in [6, 6.07) is 13.5. The molecular weight excluding hydrogens is 303 g/mol. The summed E-state index contributed by atoms with van der Waals surface area (Å²) in [5.41, 5.74) is 2.73. The number of nitrogens with one attached hydrogen (secondary N) is 1. The predicted octanol–water partition coefficient (Wildman–Crippen LogP) is 6.20. The maximum Gasteiger partial charge on any atom is 0.260 e. The lowest BCUT2D eigenvalue weighted by Crippen LogP contribution is -2.50. The number of anilines is 2. The molecule has 2 nitrogen and oxygen atoms in total. The average Bonchev–Trinajstić information content (AvgIpc) is 2.63. The van der Waals surface area contributed by atoms with E-state index in [0.717, 1.165) is 31.6 Å². The summed E-state index contributed by atoms with van der Waals surface area (Å²) in [6.45, 7) is 7.35. The highest BCUT2D eigenvalue weighted by Gasteiger charge is 2.43. The van der Waals surface area contributed by atoms with Crippen LogP contribution in [0.1, 0.15) is 52.4 Å². The van der Waals surface area contributed by atoms with E-state index in [9.17, 15) is 0 Å². The molecule has 2 aliphatic heterocycles. The van der Waals surface area contributed by atoms with Gasteiger partial charge < -0.3 is 10.1 Å². The van der Waals surface area contributed by atoms with Crippen molar-refractivity contribution in [3.63, 3.8) is 0 Å². The summed E-state index contributed by atoms with van der Waals surface area (Å²) in [5, 5.41) is 6.37. The van der Waals surface area contributed by atoms with Crippen LogP contribution in [0.5, 0.6) is 0 Å². The highest BCUT2D eigenvalue weighted by molar-refractivity contribution is 6.67. The maximum atomic E-state index is 3.60. The molecule has 2 aliphatic rings. The summed E-state index contributed by atoms with van der Waals surface area (Å²) in [5.74, 6) is 1.79. The highest BCUT2D eigenvalue weighted by Crippen LogP contribution is 2.49. The number of hydrogen-bond donors (Lipinski definition) is 1. The molecule has 0 unspecified atom stereocenters. The summed E-state index contributed by atoms with van der Waals surface area (Å²) in [7, 11) is 0. The third-order valence-corrected chi connectivity index (χ3v) is 6.53. The Kier molecular flexibility index (Phi) is 4.92. The number of fused-ring (bicyclic) bond motifs is 3. The Hall–Kier alpha value is -1.64. The molecule has 2 heterocycles. The first kappa shape index (κ1) is 16.8. The van der Waals surface area contributed by atoms with E-state index in [-0.39, 0.29) is 0 Å². The second-order valence-electron chi connectivity index (χ2n) is 7.87. The molecule has 2 fully saturated rings. The van der Waals surface area contributed by atoms with Crippen LogP contribution < -0.4 is 10.1 Å². The van der Waals surface area contributed by atoms with Crippen LogP contribution in [0.3, 0.4) is 0 Å². The van der Waals surface area contributed by atoms with Gasteiger partial charge in [-0.05, 0) is 43.0 Å². The molecule has 2 saturated heterocycles. The molecule has 25 heavy (non-hydrogen) atoms. The monoisotopic (exact) mass is 334 g/mol. The molecule has 0 amide bonds. The van der Waals surface area contributed by atoms with Crippen LogP contribution >= 0.6 is 0 Å². The minimum atomic E-state index is 0.743. The predicted molar refractivity (Wildman–Crippen MR) is 112 cm³/mol. The van der Waals surface area contributed by atoms with E-state index < -0.39 is 0 Å². The third kappa shape index (κ3) is 3.03. The molecule has 0 atom stereocenters. The van der Waals surface area contributed by atoms with Gasteiger partial charge in [-0.2, -0.15) is 0 Å². The van der Waals surface area contributed by atoms with Crippen molar-refractivity contribution in [3.05, 3.63) is 36.4 Å². The number of benzene rings is 2. The lowest BCUT2D eigenvalue weighted by Gasteiger charge is -2.46. The van der Waals surface area contributed by atoms with E-state index in [1.54, 1.807) is 0 Å². The van der Waals surface area contributed by atoms with Crippen molar-refractivity contribution >= 4 is 29.0 Å². The molecular formula is C22H31BN2. The molecule has 0 spiro atoms. The Bertz CT molecular complexity index is 702. The quantitative estimate of drug-likeness (QED) is 0.655. The highest BCUT2D eigenvalue weighted by atomic mass is 15.1. The van der Waals surface area contributed by atoms with Gasteiger partial charge in [0, 0.05) is 29.9 Å². The molecule has 0 aliphatic carbocycles. The van der Waals surface area contributed by atoms with Gasteiger partial charge in [0.25, 0.3) is 6.85 Å². The lowest BCUT2D eigenvalue weighted by molar-refractivity contribution is 0.440. The molecule has 0 saturated carbocycles. The third-order valence-electron chi connectivity index (χ3n) is 6.53. The summed E-state index contributed by atoms with van der Waals surface area (Å²) in [4.78, 5) is 2.76. The van der Waals surface area contributed by atoms with Crippen LogP contribution in [0.4, 0.5) is 11.4 Å². The Labute approximate surface area is 153 Å². The van der Waals surface area contributed by atoms with Crippen LogP contribution in [0.15, 0.2) is 36.4 Å². The zero-order chi connectivity index (χ0) is 17.2. The van der Waals surface area contributed by atoms with Crippen molar-refractivity contribution in [2.24, 2.45) is 0 Å². The van der Waals surface area contributed by atoms with Crippen LogP contribution in [0.25, 0.3) is 10.8 Å². The summed E-state index contributed by atoms with van der Waals surface area (Å²) >= 11 is 0. The fraction of sp³-hybridized carbons (Fsp3) is 0.545. The second-order valence-corrected chi connectivity index (χ2v) is 7.87. The Morgan fingerprint density at radius 3 is 2.20 bits per heavy atom. The average molecular weight is 334 g/mol. The normalized spacial score (nSPS) is 22.9. The van der Waals surface area contributed by atoms with Gasteiger partial charge in [0.15, 0.2) is 0 Å². The van der Waals surface area contributed by atoms with Crippen molar-refractivity contribution in [1.82, 2.24) is 0 Å². The van der Waals surface area contributed by atoms with Crippen LogP contribution in [0.2, 0.25) is 11.6 Å². The molecule has 0 aromatic heterocycles. The first-order valence-electron chi connectivity index (χ1n) is 10.4. The van der Waals surface area contributed by atoms with E-state index >= 15 is 0 Å². The molecule has 0 radical (unpaired) electrons. The SMILES string of the molecule is CCNc1cccc2cccc(N(CC)B3C4CCCC3CCC4)c12. The van der Waals surface area contributed by atoms with E-state index in [1.807, 2.05) is 0 Å². The van der Waals surface area contributed by atoms with Gasteiger partial charge in [-0.15, -0.1) is 0 Å². The minimum Gasteiger partial charge on any atom is -0.414 e. The van der Waals surface area contributed by atoms with Gasteiger partial charge in [-0.1, -0.05) is 62.8 Å². The van der Waals surface area contributed by atoms with Crippen LogP contribution in [-0.2, 0) is 0 Å². The van der Waals surface area contributed by atoms with Gasteiger partial charge in [-0.3, -0.25) is 0 Å². The molecule has 2 bridgehead atoms. The fourth-order valence-corrected chi connectivity index (χ4v) is 5.59. The molecule has 4 rings (SSSR count). The van der Waals surface area contributed by atoms with Gasteiger partial charge in [-0.25, -0.2) is 0 Å². The van der Waals surface area contributed by atoms with E-state index in [1.165, 1.54) is 60.7 Å². The molecule has 1 N–H and O–H groups in total. The van der Waals surface area contributed by atoms with Crippen molar-refractivity contribution in [2.75, 3.05) is 23.2 Å². The molecule has 2 aromatic rings. The lowest BCUT2D eigenvalue weighted by atomic mass is 9.33. The topological polar surface area (TPSA) is 15.3 Å². The van der Waals surface area contributed by atoms with Crippen LogP contribution in [0, 0.1) is 0 Å². The number of hydrogen-bond acceptors (Lipinski definition) is 2. The van der Waals surface area contributed by atoms with Crippen molar-refractivity contribution in [2.45, 2.75) is 64.0 Å². The smallest absolute Gasteiger partial charge is 0.260 e. The Morgan fingerprint density at radius 2 is 1.60 bits per heavy atom. The first-order valence-corrected chi connectivity index (χ1v) is 10.4. The summed E-state index contributed by atoms with van der Waals surface area (Å²) in [6.07, 6.45) is 8.62. The van der Waals surface area contributed by atoms with Crippen molar-refractivity contribution in [1.29, 1.82) is 0 Å². The molecule has 3 heteroatoms. The number of rotatable bonds is 5. The fourth-order valence-electron chi connectivity index (χ4n) is 5.59. The van der Waals surface area contributed by atoms with Gasteiger partial charge >= 0.3 is 0 Å². The Morgan fingerprint density at radius 1 is 0.960 bits per heavy atom. The van der Waals surface area contributed by atoms with E-state index in [0.29, 0.717) is 0 Å². The van der Waals surface area contributed by atoms with Crippen molar-refractivity contribution in [3.8, 4) is 0 Å². The largest absolute Gasteiger partial charge is 0.414 e. The standard InChI is InChI=1S/C22H31BN2/c1-3-24-20-15-5-9-17-10-6-16-21(22(17)20)25(4-2)23-18-11-7-12-19(23)14-8-13-18/h5-6,9-10,15-16,18-19,24H,3-4,7-8,11-14H2,1-2H3. The summed E-state index contributed by atoms with van der Waals surface area (Å²) < 4.78 is 0. The van der Waals surface area contributed by atoms with Gasteiger partial charge in [0.2, 0.25) is 0 Å². The Balaban J connectivity index is 1.81. The van der Waals surface area contributed by atoms with Crippen LogP contribution in [-0.4, -0.2) is 19.9 Å². The van der Waals surface area contributed by atoms with Gasteiger partial charge in [0.05, 0.1) is 0 Å². The second kappa shape index (κ2) is 7.31. The van der Waals surface area contributed by atoms with E-state index in [4.69, 9.17) is 0 Å². The van der Waals surface area contributed by atoms with Crippen molar-refractivity contribution < 1.29 is 0 Å².